The van der Waals surface area contributed by atoms with E-state index in [0.29, 0.717) is 15.7 Å². The van der Waals surface area contributed by atoms with Crippen molar-refractivity contribution in [1.82, 2.24) is 15.3 Å². The van der Waals surface area contributed by atoms with E-state index in [0.717, 1.165) is 16.5 Å². The first-order valence-corrected chi connectivity index (χ1v) is 10.2. The van der Waals surface area contributed by atoms with E-state index in [1.54, 1.807) is 42.5 Å². The third-order valence-electron chi connectivity index (χ3n) is 4.90. The maximum absolute atomic E-state index is 13.1. The quantitative estimate of drug-likeness (QED) is 0.377. The van der Waals surface area contributed by atoms with Gasteiger partial charge in [-0.25, -0.2) is 0 Å². The summed E-state index contributed by atoms with van der Waals surface area (Å²) in [5.74, 6) is -0.786. The molecule has 0 radical (unpaired) electrons. The minimum absolute atomic E-state index is 0.190. The number of carbonyl (C=O) groups excluding carboxylic acids is 2. The molecule has 2 aromatic heterocycles. The molecule has 0 saturated carbocycles. The molecule has 0 bridgehead atoms. The number of Topliss-reactive ketones (excluding diaryl/α,β-unsaturated/α-hetero) is 1. The van der Waals surface area contributed by atoms with Crippen molar-refractivity contribution in [1.29, 1.82) is 0 Å². The van der Waals surface area contributed by atoms with Crippen LogP contribution in [0.5, 0.6) is 0 Å². The monoisotopic (exact) mass is 453 g/mol. The van der Waals surface area contributed by atoms with Crippen LogP contribution in [0.2, 0.25) is 10.0 Å². The van der Waals surface area contributed by atoms with E-state index in [1.807, 2.05) is 6.07 Å². The molecule has 0 aliphatic carbocycles. The van der Waals surface area contributed by atoms with E-state index >= 15 is 0 Å². The fourth-order valence-electron chi connectivity index (χ4n) is 3.32. The van der Waals surface area contributed by atoms with Crippen LogP contribution in [0.25, 0.3) is 10.9 Å². The topological polar surface area (TPSA) is 94.8 Å². The number of aromatic amines is 2. The van der Waals surface area contributed by atoms with Crippen LogP contribution in [0.15, 0.2) is 71.7 Å². The van der Waals surface area contributed by atoms with Crippen molar-refractivity contribution < 1.29 is 9.59 Å². The Labute approximate surface area is 187 Å². The second kappa shape index (κ2) is 8.79. The van der Waals surface area contributed by atoms with Crippen molar-refractivity contribution in [2.45, 2.75) is 12.5 Å². The van der Waals surface area contributed by atoms with Gasteiger partial charge in [-0.2, -0.15) is 0 Å². The number of ketones is 1. The van der Waals surface area contributed by atoms with Gasteiger partial charge in [0.05, 0.1) is 6.04 Å². The zero-order valence-electron chi connectivity index (χ0n) is 16.1. The molecule has 0 spiro atoms. The lowest BCUT2D eigenvalue weighted by molar-refractivity contribution is 0.0854. The summed E-state index contributed by atoms with van der Waals surface area (Å²) in [7, 11) is 0. The van der Waals surface area contributed by atoms with E-state index in [4.69, 9.17) is 23.2 Å². The minimum atomic E-state index is -0.895. The number of fused-ring (bicyclic) bond motifs is 1. The van der Waals surface area contributed by atoms with Crippen molar-refractivity contribution in [2.75, 3.05) is 0 Å². The predicted octanol–water partition coefficient (Wildman–Crippen LogP) is 4.39. The number of hydrogen-bond donors (Lipinski definition) is 3. The molecule has 2 aromatic carbocycles. The number of rotatable bonds is 6. The van der Waals surface area contributed by atoms with Gasteiger partial charge in [0.25, 0.3) is 5.91 Å². The number of pyridine rings is 1. The normalized spacial score (nSPS) is 11.9. The molecule has 2 heterocycles. The fraction of sp³-hybridized carbons (Fsp3) is 0.0870. The van der Waals surface area contributed by atoms with Crippen LogP contribution in [0, 0.1) is 0 Å². The van der Waals surface area contributed by atoms with Gasteiger partial charge in [0.1, 0.15) is 5.69 Å². The van der Waals surface area contributed by atoms with Gasteiger partial charge in [-0.05, 0) is 42.0 Å². The molecule has 8 heteroatoms. The minimum Gasteiger partial charge on any atom is -0.351 e. The number of halogens is 2. The summed E-state index contributed by atoms with van der Waals surface area (Å²) >= 11 is 12.3. The number of hydrogen-bond acceptors (Lipinski definition) is 3. The Kier molecular flexibility index (Phi) is 5.93. The molecule has 0 unspecified atom stereocenters. The summed E-state index contributed by atoms with van der Waals surface area (Å²) in [5.41, 5.74) is 1.73. The lowest BCUT2D eigenvalue weighted by atomic mass is 9.98. The summed E-state index contributed by atoms with van der Waals surface area (Å²) in [4.78, 5) is 43.0. The number of nitrogens with one attached hydrogen (secondary N) is 3. The van der Waals surface area contributed by atoms with Crippen LogP contribution in [0.1, 0.15) is 26.4 Å². The number of carbonyl (C=O) groups is 2. The molecule has 156 valence electrons. The van der Waals surface area contributed by atoms with Crippen molar-refractivity contribution in [3.8, 4) is 0 Å². The zero-order valence-corrected chi connectivity index (χ0v) is 17.6. The van der Waals surface area contributed by atoms with Crippen LogP contribution < -0.4 is 10.9 Å². The highest BCUT2D eigenvalue weighted by atomic mass is 35.5. The lowest BCUT2D eigenvalue weighted by Crippen LogP contribution is -2.42. The average molecular weight is 454 g/mol. The molecule has 3 N–H and O–H groups in total. The zero-order chi connectivity index (χ0) is 22.0. The first-order chi connectivity index (χ1) is 14.9. The summed E-state index contributed by atoms with van der Waals surface area (Å²) < 4.78 is 0. The second-order valence-electron chi connectivity index (χ2n) is 7.04. The summed E-state index contributed by atoms with van der Waals surface area (Å²) in [6.07, 6.45) is 1.52. The van der Waals surface area contributed by atoms with Gasteiger partial charge >= 0.3 is 0 Å². The Balaban J connectivity index is 1.64. The standard InChI is InChI=1S/C23H17Cl2N3O3/c24-16-6-7-18-15(9-16)11-20(27-18)23(31)28-19(10-13-3-1-2-4-17(13)25)22(30)14-5-8-21(29)26-12-14/h1-9,11-12,19,27H,10H2,(H,26,29)(H,28,31)/t19-/m0/s1. The number of aromatic nitrogens is 2. The van der Waals surface area contributed by atoms with Crippen molar-refractivity contribution >= 4 is 45.8 Å². The third kappa shape index (κ3) is 4.71. The van der Waals surface area contributed by atoms with Gasteiger partial charge in [0, 0.05) is 45.2 Å². The number of benzene rings is 2. The Morgan fingerprint density at radius 2 is 1.81 bits per heavy atom. The SMILES string of the molecule is O=C(N[C@@H](Cc1ccccc1Cl)C(=O)c1ccc(=O)[nH]c1)c1cc2cc(Cl)ccc2[nH]1. The third-order valence-corrected chi connectivity index (χ3v) is 5.50. The maximum atomic E-state index is 13.1. The number of amides is 1. The van der Waals surface area contributed by atoms with Gasteiger partial charge in [-0.3, -0.25) is 14.4 Å². The van der Waals surface area contributed by atoms with Crippen molar-refractivity contribution in [2.24, 2.45) is 0 Å². The molecule has 0 aliphatic heterocycles. The molecule has 4 rings (SSSR count). The molecule has 31 heavy (non-hydrogen) atoms. The molecular weight excluding hydrogens is 437 g/mol. The summed E-state index contributed by atoms with van der Waals surface area (Å²) in [6.45, 7) is 0. The first-order valence-electron chi connectivity index (χ1n) is 9.46. The van der Waals surface area contributed by atoms with Gasteiger partial charge in [-0.15, -0.1) is 0 Å². The lowest BCUT2D eigenvalue weighted by Gasteiger charge is -2.18. The van der Waals surface area contributed by atoms with Crippen LogP contribution in [-0.4, -0.2) is 27.7 Å². The molecule has 0 aliphatic rings. The average Bonchev–Trinajstić information content (AvgIpc) is 3.18. The van der Waals surface area contributed by atoms with Crippen molar-refractivity contribution in [3.63, 3.8) is 0 Å². The first kappa shape index (κ1) is 20.9. The molecule has 6 nitrogen and oxygen atoms in total. The Morgan fingerprint density at radius 3 is 2.55 bits per heavy atom. The summed E-state index contributed by atoms with van der Waals surface area (Å²) in [5, 5.41) is 4.63. The fourth-order valence-corrected chi connectivity index (χ4v) is 3.71. The van der Waals surface area contributed by atoms with E-state index in [1.165, 1.54) is 18.3 Å². The van der Waals surface area contributed by atoms with Crippen LogP contribution in [0.4, 0.5) is 0 Å². The largest absolute Gasteiger partial charge is 0.351 e. The van der Waals surface area contributed by atoms with Crippen molar-refractivity contribution in [3.05, 3.63) is 104 Å². The van der Waals surface area contributed by atoms with E-state index < -0.39 is 11.9 Å². The Hall–Kier alpha value is -3.35. The van der Waals surface area contributed by atoms with Gasteiger partial charge in [-0.1, -0.05) is 41.4 Å². The molecule has 1 atom stereocenters. The Morgan fingerprint density at radius 1 is 1.00 bits per heavy atom. The van der Waals surface area contributed by atoms with Gasteiger partial charge in [0.2, 0.25) is 5.56 Å². The summed E-state index contributed by atoms with van der Waals surface area (Å²) in [6, 6.07) is 15.8. The van der Waals surface area contributed by atoms with Crippen LogP contribution in [0.3, 0.4) is 0 Å². The number of H-pyrrole nitrogens is 2. The molecular formula is C23H17Cl2N3O3. The molecule has 1 amide bonds. The predicted molar refractivity (Wildman–Crippen MR) is 121 cm³/mol. The van der Waals surface area contributed by atoms with E-state index in [9.17, 15) is 14.4 Å². The smallest absolute Gasteiger partial charge is 0.268 e. The maximum Gasteiger partial charge on any atom is 0.268 e. The van der Waals surface area contributed by atoms with Gasteiger partial charge in [0.15, 0.2) is 5.78 Å². The highest BCUT2D eigenvalue weighted by molar-refractivity contribution is 6.31. The molecule has 0 saturated heterocycles. The van der Waals surface area contributed by atoms with Crippen LogP contribution >= 0.6 is 23.2 Å². The van der Waals surface area contributed by atoms with Crippen LogP contribution in [-0.2, 0) is 6.42 Å². The van der Waals surface area contributed by atoms with E-state index in [2.05, 4.69) is 15.3 Å². The highest BCUT2D eigenvalue weighted by Gasteiger charge is 2.25. The molecule has 0 fully saturated rings. The Bertz CT molecular complexity index is 1320. The second-order valence-corrected chi connectivity index (χ2v) is 7.89. The molecule has 4 aromatic rings. The highest BCUT2D eigenvalue weighted by Crippen LogP contribution is 2.21. The van der Waals surface area contributed by atoms with E-state index in [-0.39, 0.29) is 23.3 Å². The van der Waals surface area contributed by atoms with Gasteiger partial charge < -0.3 is 15.3 Å².